The Bertz CT molecular complexity index is 428. The first-order valence-corrected chi connectivity index (χ1v) is 5.24. The molecule has 17 heavy (non-hydrogen) atoms. The molecule has 0 radical (unpaired) electrons. The lowest BCUT2D eigenvalue weighted by atomic mass is 10.2. The fraction of sp³-hybridized carbons (Fsp3) is 0.333. The second-order valence-electron chi connectivity index (χ2n) is 3.82. The van der Waals surface area contributed by atoms with Crippen molar-refractivity contribution in [2.45, 2.75) is 13.8 Å². The maximum atomic E-state index is 11.2. The van der Waals surface area contributed by atoms with Crippen LogP contribution in [-0.4, -0.2) is 24.3 Å². The maximum Gasteiger partial charge on any atom is 0.242 e. The Labute approximate surface area is 100 Å². The molecule has 0 bridgehead atoms. The van der Waals surface area contributed by atoms with E-state index in [4.69, 9.17) is 4.74 Å². The minimum Gasteiger partial charge on any atom is -0.504 e. The number of hydrogen-bond acceptors (Lipinski definition) is 4. The predicted molar refractivity (Wildman–Crippen MR) is 65.2 cm³/mol. The van der Waals surface area contributed by atoms with Crippen LogP contribution >= 0.6 is 0 Å². The lowest BCUT2D eigenvalue weighted by molar-refractivity contribution is -0.123. The van der Waals surface area contributed by atoms with Gasteiger partial charge >= 0.3 is 0 Å². The van der Waals surface area contributed by atoms with Gasteiger partial charge in [-0.05, 0) is 23.8 Å². The number of nitrogens with zero attached hydrogens (tertiary/aromatic N) is 1. The minimum absolute atomic E-state index is 0.0656. The predicted octanol–water partition coefficient (Wildman–Crippen LogP) is 1.51. The van der Waals surface area contributed by atoms with E-state index < -0.39 is 0 Å². The van der Waals surface area contributed by atoms with E-state index in [2.05, 4.69) is 10.5 Å². The molecule has 0 spiro atoms. The first-order chi connectivity index (χ1) is 8.04. The number of rotatable bonds is 4. The third-order valence-electron chi connectivity index (χ3n) is 2.12. The van der Waals surface area contributed by atoms with Gasteiger partial charge in [-0.15, -0.1) is 0 Å². The number of hydrazone groups is 1. The van der Waals surface area contributed by atoms with E-state index >= 15 is 0 Å². The third-order valence-corrected chi connectivity index (χ3v) is 2.12. The summed E-state index contributed by atoms with van der Waals surface area (Å²) in [5.41, 5.74) is 3.14. The second kappa shape index (κ2) is 5.89. The average Bonchev–Trinajstić information content (AvgIpc) is 2.31. The zero-order valence-corrected chi connectivity index (χ0v) is 10.1. The Balaban J connectivity index is 2.69. The molecule has 92 valence electrons. The topological polar surface area (TPSA) is 70.9 Å². The zero-order valence-electron chi connectivity index (χ0n) is 10.1. The van der Waals surface area contributed by atoms with E-state index in [1.54, 1.807) is 26.0 Å². The molecular weight excluding hydrogens is 220 g/mol. The molecule has 0 atom stereocenters. The fourth-order valence-corrected chi connectivity index (χ4v) is 1.07. The van der Waals surface area contributed by atoms with Gasteiger partial charge in [0.05, 0.1) is 13.3 Å². The first-order valence-electron chi connectivity index (χ1n) is 5.24. The molecule has 0 unspecified atom stereocenters. The molecule has 1 amide bonds. The quantitative estimate of drug-likeness (QED) is 0.615. The second-order valence-corrected chi connectivity index (χ2v) is 3.82. The number of nitrogens with one attached hydrogen (secondary N) is 1. The summed E-state index contributed by atoms with van der Waals surface area (Å²) >= 11 is 0. The van der Waals surface area contributed by atoms with Crippen molar-refractivity contribution < 1.29 is 14.6 Å². The Morgan fingerprint density at radius 3 is 2.82 bits per heavy atom. The number of carbonyl (C=O) groups is 1. The Hall–Kier alpha value is -2.04. The summed E-state index contributed by atoms with van der Waals surface area (Å²) in [7, 11) is 1.47. The molecule has 1 aromatic rings. The van der Waals surface area contributed by atoms with Gasteiger partial charge in [-0.2, -0.15) is 5.10 Å². The number of phenolic OH excluding ortho intramolecular Hbond substituents is 1. The van der Waals surface area contributed by atoms with Crippen LogP contribution in [-0.2, 0) is 4.79 Å². The highest BCUT2D eigenvalue weighted by Crippen LogP contribution is 2.25. The molecule has 5 nitrogen and oxygen atoms in total. The van der Waals surface area contributed by atoms with Crippen LogP contribution in [0.1, 0.15) is 19.4 Å². The van der Waals surface area contributed by atoms with Crippen LogP contribution < -0.4 is 10.2 Å². The Morgan fingerprint density at radius 2 is 2.24 bits per heavy atom. The summed E-state index contributed by atoms with van der Waals surface area (Å²) in [4.78, 5) is 11.2. The van der Waals surface area contributed by atoms with Crippen LogP contribution in [0.4, 0.5) is 0 Å². The van der Waals surface area contributed by atoms with Crippen molar-refractivity contribution in [1.82, 2.24) is 5.43 Å². The summed E-state index contributed by atoms with van der Waals surface area (Å²) in [6.45, 7) is 3.57. The molecule has 5 heteroatoms. The highest BCUT2D eigenvalue weighted by molar-refractivity contribution is 5.83. The van der Waals surface area contributed by atoms with E-state index in [9.17, 15) is 9.90 Å². The number of methoxy groups -OCH3 is 1. The van der Waals surface area contributed by atoms with Gasteiger partial charge in [0.1, 0.15) is 0 Å². The third kappa shape index (κ3) is 3.79. The van der Waals surface area contributed by atoms with Crippen LogP contribution in [0.2, 0.25) is 0 Å². The van der Waals surface area contributed by atoms with Crippen LogP contribution in [0.25, 0.3) is 0 Å². The van der Waals surface area contributed by atoms with Gasteiger partial charge in [0, 0.05) is 5.92 Å². The van der Waals surface area contributed by atoms with Gasteiger partial charge in [-0.1, -0.05) is 13.8 Å². The molecule has 0 saturated carbocycles. The summed E-state index contributed by atoms with van der Waals surface area (Å²) in [6.07, 6.45) is 1.49. The number of aromatic hydroxyl groups is 1. The summed E-state index contributed by atoms with van der Waals surface area (Å²) in [6, 6.07) is 4.80. The summed E-state index contributed by atoms with van der Waals surface area (Å²) < 4.78 is 4.95. The lowest BCUT2D eigenvalue weighted by Gasteiger charge is -2.04. The standard InChI is InChI=1S/C12H16N2O3/c1-8(2)12(16)14-13-7-9-4-5-10(15)11(6-9)17-3/h4-8,15H,1-3H3,(H,14,16)/b13-7+. The van der Waals surface area contributed by atoms with Gasteiger partial charge in [-0.25, -0.2) is 5.43 Å². The zero-order chi connectivity index (χ0) is 12.8. The molecule has 0 aliphatic heterocycles. The maximum absolute atomic E-state index is 11.2. The van der Waals surface area contributed by atoms with E-state index in [0.717, 1.165) is 5.56 Å². The van der Waals surface area contributed by atoms with E-state index in [1.165, 1.54) is 19.4 Å². The lowest BCUT2D eigenvalue weighted by Crippen LogP contribution is -2.22. The van der Waals surface area contributed by atoms with Crippen LogP contribution in [0, 0.1) is 5.92 Å². The van der Waals surface area contributed by atoms with Crippen LogP contribution in [0.5, 0.6) is 11.5 Å². The number of benzene rings is 1. The van der Waals surface area contributed by atoms with E-state index in [1.807, 2.05) is 0 Å². The Morgan fingerprint density at radius 1 is 1.53 bits per heavy atom. The van der Waals surface area contributed by atoms with Gasteiger partial charge < -0.3 is 9.84 Å². The van der Waals surface area contributed by atoms with Crippen molar-refractivity contribution in [2.24, 2.45) is 11.0 Å². The van der Waals surface area contributed by atoms with E-state index in [-0.39, 0.29) is 17.6 Å². The molecule has 0 aliphatic rings. The monoisotopic (exact) mass is 236 g/mol. The average molecular weight is 236 g/mol. The minimum atomic E-state index is -0.146. The van der Waals surface area contributed by atoms with Gasteiger partial charge in [-0.3, -0.25) is 4.79 Å². The molecular formula is C12H16N2O3. The van der Waals surface area contributed by atoms with Crippen molar-refractivity contribution in [3.05, 3.63) is 23.8 Å². The number of carbonyl (C=O) groups excluding carboxylic acids is 1. The van der Waals surface area contributed by atoms with Crippen molar-refractivity contribution in [2.75, 3.05) is 7.11 Å². The molecule has 0 aromatic heterocycles. The first kappa shape index (κ1) is 13.0. The number of phenols is 1. The fourth-order valence-electron chi connectivity index (χ4n) is 1.07. The smallest absolute Gasteiger partial charge is 0.242 e. The molecule has 1 aromatic carbocycles. The van der Waals surface area contributed by atoms with Gasteiger partial charge in [0.25, 0.3) is 0 Å². The van der Waals surface area contributed by atoms with E-state index in [0.29, 0.717) is 5.75 Å². The molecule has 0 aliphatic carbocycles. The largest absolute Gasteiger partial charge is 0.504 e. The molecule has 0 fully saturated rings. The molecule has 0 heterocycles. The van der Waals surface area contributed by atoms with Crippen molar-refractivity contribution in [1.29, 1.82) is 0 Å². The number of amides is 1. The van der Waals surface area contributed by atoms with Crippen LogP contribution in [0.3, 0.4) is 0 Å². The number of hydrogen-bond donors (Lipinski definition) is 2. The van der Waals surface area contributed by atoms with Crippen molar-refractivity contribution in [3.8, 4) is 11.5 Å². The highest BCUT2D eigenvalue weighted by Gasteiger charge is 2.04. The van der Waals surface area contributed by atoms with Gasteiger partial charge in [0.2, 0.25) is 5.91 Å². The van der Waals surface area contributed by atoms with Crippen molar-refractivity contribution >= 4 is 12.1 Å². The Kier molecular flexibility index (Phi) is 4.51. The van der Waals surface area contributed by atoms with Crippen molar-refractivity contribution in [3.63, 3.8) is 0 Å². The summed E-state index contributed by atoms with van der Waals surface area (Å²) in [5.74, 6) is 0.175. The van der Waals surface area contributed by atoms with Gasteiger partial charge in [0.15, 0.2) is 11.5 Å². The summed E-state index contributed by atoms with van der Waals surface area (Å²) in [5, 5.41) is 13.2. The van der Waals surface area contributed by atoms with Crippen LogP contribution in [0.15, 0.2) is 23.3 Å². The SMILES string of the molecule is COc1cc(/C=N/NC(=O)C(C)C)ccc1O. The molecule has 2 N–H and O–H groups in total. The molecule has 1 rings (SSSR count). The molecule has 0 saturated heterocycles. The highest BCUT2D eigenvalue weighted by atomic mass is 16.5. The number of ether oxygens (including phenoxy) is 1. The normalized spacial score (nSPS) is 10.8.